The molecule has 3 nitrogen and oxygen atoms in total. The number of hydrogen-bond acceptors (Lipinski definition) is 2. The summed E-state index contributed by atoms with van der Waals surface area (Å²) in [6, 6.07) is 0. The predicted molar refractivity (Wildman–Crippen MR) is 60.0 cm³/mol. The molecule has 0 saturated carbocycles. The first-order valence-corrected chi connectivity index (χ1v) is 5.99. The van der Waals surface area contributed by atoms with E-state index in [0.717, 1.165) is 0 Å². The van der Waals surface area contributed by atoms with Gasteiger partial charge in [0.05, 0.1) is 0 Å². The first-order valence-electron chi connectivity index (χ1n) is 4.86. The third-order valence-corrected chi connectivity index (χ3v) is 2.40. The second-order valence-corrected chi connectivity index (χ2v) is 4.03. The van der Waals surface area contributed by atoms with Crippen molar-refractivity contribution in [2.75, 3.05) is 23.3 Å². The summed E-state index contributed by atoms with van der Waals surface area (Å²) in [5.41, 5.74) is 0. The van der Waals surface area contributed by atoms with E-state index in [1.807, 2.05) is 6.92 Å². The molecule has 1 heterocycles. The zero-order valence-corrected chi connectivity index (χ0v) is 10.4. The van der Waals surface area contributed by atoms with Crippen LogP contribution in [0.1, 0.15) is 6.92 Å². The quantitative estimate of drug-likeness (QED) is 0.780. The number of anilines is 1. The number of aryl methyl sites for hydroxylation is 1. The fourth-order valence-electron chi connectivity index (χ4n) is 1.40. The molecule has 0 amide bonds. The van der Waals surface area contributed by atoms with Gasteiger partial charge in [0, 0.05) is 30.8 Å². The van der Waals surface area contributed by atoms with Gasteiger partial charge in [-0.1, -0.05) is 15.9 Å². The summed E-state index contributed by atoms with van der Waals surface area (Å²) in [4.78, 5) is 5.18. The molecular formula is C9H13BrF3N3. The smallest absolute Gasteiger partial charge is 0.332 e. The summed E-state index contributed by atoms with van der Waals surface area (Å²) < 4.78 is 38.8. The summed E-state index contributed by atoms with van der Waals surface area (Å²) in [5, 5.41) is 0.472. The molecule has 0 spiro atoms. The Morgan fingerprint density at radius 3 is 2.69 bits per heavy atom. The van der Waals surface area contributed by atoms with Crippen LogP contribution in [0.3, 0.4) is 0 Å². The first kappa shape index (κ1) is 13.3. The maximum absolute atomic E-state index is 12.4. The Balaban J connectivity index is 2.84. The first-order chi connectivity index (χ1) is 7.48. The van der Waals surface area contributed by atoms with Crippen molar-refractivity contribution in [3.05, 3.63) is 12.4 Å². The largest absolute Gasteiger partial charge is 0.406 e. The van der Waals surface area contributed by atoms with Crippen molar-refractivity contribution >= 4 is 21.9 Å². The Hall–Kier alpha value is -0.720. The van der Waals surface area contributed by atoms with Crippen molar-refractivity contribution in [3.8, 4) is 0 Å². The van der Waals surface area contributed by atoms with E-state index in [9.17, 15) is 13.2 Å². The average molecular weight is 300 g/mol. The Morgan fingerprint density at radius 2 is 2.19 bits per heavy atom. The van der Waals surface area contributed by atoms with Gasteiger partial charge in [0.1, 0.15) is 6.54 Å². The molecular weight excluding hydrogens is 287 g/mol. The monoisotopic (exact) mass is 299 g/mol. The Bertz CT molecular complexity index is 324. The van der Waals surface area contributed by atoms with Crippen molar-refractivity contribution in [2.24, 2.45) is 0 Å². The summed E-state index contributed by atoms with van der Waals surface area (Å²) in [5.74, 6) is 0.360. The van der Waals surface area contributed by atoms with Gasteiger partial charge in [0.2, 0.25) is 5.95 Å². The van der Waals surface area contributed by atoms with E-state index < -0.39 is 12.7 Å². The van der Waals surface area contributed by atoms with Crippen LogP contribution in [0.4, 0.5) is 19.1 Å². The molecule has 92 valence electrons. The summed E-state index contributed by atoms with van der Waals surface area (Å²) >= 11 is 3.14. The lowest BCUT2D eigenvalue weighted by Crippen LogP contribution is -2.37. The number of aromatic nitrogens is 2. The zero-order valence-electron chi connectivity index (χ0n) is 8.84. The van der Waals surface area contributed by atoms with Crippen molar-refractivity contribution in [2.45, 2.75) is 19.6 Å². The van der Waals surface area contributed by atoms with Crippen LogP contribution in [0.25, 0.3) is 0 Å². The molecule has 0 aliphatic heterocycles. The molecule has 0 aromatic carbocycles. The van der Waals surface area contributed by atoms with E-state index >= 15 is 0 Å². The molecule has 1 aromatic rings. The van der Waals surface area contributed by atoms with Crippen molar-refractivity contribution in [1.82, 2.24) is 9.55 Å². The number of imidazole rings is 1. The molecule has 7 heteroatoms. The van der Waals surface area contributed by atoms with E-state index in [1.54, 1.807) is 10.8 Å². The zero-order chi connectivity index (χ0) is 12.2. The minimum atomic E-state index is -4.22. The van der Waals surface area contributed by atoms with Crippen LogP contribution in [-0.2, 0) is 6.54 Å². The SMILES string of the molecule is CCn1ccnc1N(CCBr)CC(F)(F)F. The van der Waals surface area contributed by atoms with E-state index in [2.05, 4.69) is 20.9 Å². The highest BCUT2D eigenvalue weighted by atomic mass is 79.9. The lowest BCUT2D eigenvalue weighted by Gasteiger charge is -2.24. The molecule has 0 unspecified atom stereocenters. The third kappa shape index (κ3) is 3.70. The van der Waals surface area contributed by atoms with Crippen molar-refractivity contribution in [1.29, 1.82) is 0 Å². The van der Waals surface area contributed by atoms with Crippen molar-refractivity contribution in [3.63, 3.8) is 0 Å². The van der Waals surface area contributed by atoms with E-state index in [0.29, 0.717) is 17.8 Å². The Labute approximate surface area is 100 Å². The lowest BCUT2D eigenvalue weighted by molar-refractivity contribution is -0.119. The number of halogens is 4. The highest BCUT2D eigenvalue weighted by Gasteiger charge is 2.31. The molecule has 0 atom stereocenters. The fourth-order valence-corrected chi connectivity index (χ4v) is 1.83. The number of nitrogens with zero attached hydrogens (tertiary/aromatic N) is 3. The fraction of sp³-hybridized carbons (Fsp3) is 0.667. The minimum Gasteiger partial charge on any atom is -0.332 e. The topological polar surface area (TPSA) is 21.1 Å². The molecule has 0 aliphatic rings. The number of hydrogen-bond donors (Lipinski definition) is 0. The van der Waals surface area contributed by atoms with Crippen molar-refractivity contribution < 1.29 is 13.2 Å². The van der Waals surface area contributed by atoms with Gasteiger partial charge in [-0.05, 0) is 6.92 Å². The second kappa shape index (κ2) is 5.56. The molecule has 0 N–H and O–H groups in total. The van der Waals surface area contributed by atoms with Gasteiger partial charge in [-0.3, -0.25) is 0 Å². The highest BCUT2D eigenvalue weighted by Crippen LogP contribution is 2.21. The van der Waals surface area contributed by atoms with Crippen LogP contribution < -0.4 is 4.90 Å². The van der Waals surface area contributed by atoms with Gasteiger partial charge >= 0.3 is 6.18 Å². The molecule has 1 rings (SSSR count). The summed E-state index contributed by atoms with van der Waals surface area (Å²) in [6.07, 6.45) is -1.03. The predicted octanol–water partition coefficient (Wildman–Crippen LogP) is 2.67. The maximum atomic E-state index is 12.4. The molecule has 1 aromatic heterocycles. The number of rotatable bonds is 5. The standard InChI is InChI=1S/C9H13BrF3N3/c1-2-15-6-4-14-8(15)16(5-3-10)7-9(11,12)13/h4,6H,2-3,5,7H2,1H3. The van der Waals surface area contributed by atoms with Crippen LogP contribution in [0, 0.1) is 0 Å². The lowest BCUT2D eigenvalue weighted by atomic mass is 10.5. The van der Waals surface area contributed by atoms with Gasteiger partial charge < -0.3 is 9.47 Å². The summed E-state index contributed by atoms with van der Waals surface area (Å²) in [6.45, 7) is 1.77. The van der Waals surface area contributed by atoms with Crippen LogP contribution in [0.2, 0.25) is 0 Å². The average Bonchev–Trinajstić information content (AvgIpc) is 2.62. The van der Waals surface area contributed by atoms with Crippen LogP contribution in [0.5, 0.6) is 0 Å². The maximum Gasteiger partial charge on any atom is 0.406 e. The van der Waals surface area contributed by atoms with Crippen LogP contribution in [0.15, 0.2) is 12.4 Å². The van der Waals surface area contributed by atoms with Gasteiger partial charge in [0.15, 0.2) is 0 Å². The highest BCUT2D eigenvalue weighted by molar-refractivity contribution is 9.09. The van der Waals surface area contributed by atoms with Crippen LogP contribution >= 0.6 is 15.9 Å². The molecule has 0 aliphatic carbocycles. The van der Waals surface area contributed by atoms with Gasteiger partial charge in [0.25, 0.3) is 0 Å². The van der Waals surface area contributed by atoms with Crippen LogP contribution in [-0.4, -0.2) is 34.1 Å². The van der Waals surface area contributed by atoms with Gasteiger partial charge in [-0.15, -0.1) is 0 Å². The molecule has 16 heavy (non-hydrogen) atoms. The molecule has 0 bridgehead atoms. The second-order valence-electron chi connectivity index (χ2n) is 3.24. The normalized spacial score (nSPS) is 11.8. The van der Waals surface area contributed by atoms with E-state index in [1.165, 1.54) is 11.1 Å². The minimum absolute atomic E-state index is 0.274. The Kier molecular flexibility index (Phi) is 4.64. The Morgan fingerprint density at radius 1 is 1.50 bits per heavy atom. The van der Waals surface area contributed by atoms with E-state index in [4.69, 9.17) is 0 Å². The third-order valence-electron chi connectivity index (χ3n) is 2.04. The van der Waals surface area contributed by atoms with Gasteiger partial charge in [-0.2, -0.15) is 13.2 Å². The van der Waals surface area contributed by atoms with Gasteiger partial charge in [-0.25, -0.2) is 4.98 Å². The van der Waals surface area contributed by atoms with E-state index in [-0.39, 0.29) is 6.54 Å². The summed E-state index contributed by atoms with van der Waals surface area (Å²) in [7, 11) is 0. The molecule has 0 fully saturated rings. The number of alkyl halides is 4. The molecule has 0 saturated heterocycles. The molecule has 0 radical (unpaired) electrons.